The van der Waals surface area contributed by atoms with Crippen molar-refractivity contribution in [3.8, 4) is 11.1 Å². The molecule has 0 bridgehead atoms. The lowest BCUT2D eigenvalue weighted by Gasteiger charge is -2.34. The third-order valence-corrected chi connectivity index (χ3v) is 9.05. The first-order chi connectivity index (χ1) is 22.7. The predicted molar refractivity (Wildman–Crippen MR) is 178 cm³/mol. The van der Waals surface area contributed by atoms with Gasteiger partial charge in [-0.3, -0.25) is 14.0 Å². The van der Waals surface area contributed by atoms with E-state index < -0.39 is 6.43 Å². The van der Waals surface area contributed by atoms with Crippen LogP contribution in [0.4, 0.5) is 25.0 Å². The topological polar surface area (TPSA) is 72.6 Å². The average molecular weight is 636 g/mol. The first-order valence-electron chi connectivity index (χ1n) is 15.8. The number of carbonyl (C=O) groups is 2. The molecule has 0 aliphatic carbocycles. The number of nitrogens with zero attached hydrogens (tertiary/aromatic N) is 5. The van der Waals surface area contributed by atoms with Gasteiger partial charge in [0.05, 0.1) is 11.9 Å². The molecule has 47 heavy (non-hydrogen) atoms. The molecule has 10 heteroatoms. The van der Waals surface area contributed by atoms with E-state index in [1.807, 2.05) is 54.9 Å². The smallest absolute Gasteiger partial charge is 0.410 e. The zero-order valence-electron chi connectivity index (χ0n) is 26.3. The number of aromatic nitrogens is 3. The zero-order chi connectivity index (χ0) is 32.7. The standard InChI is InChI=1S/C37H35F2N5O3/c1-24(45)43-21-29-15-28(26-10-13-42(14-11-26)37(46)47-23-25-7-4-3-5-8-25)17-35(33(29)22-43)44-12-6-9-27-16-31(30-19-40-41(2)20-30)32(36(38)39)18-34(27)44/h3-5,7-8,10,15-22,36H,6,9,11-14,23H2,1-2H3. The van der Waals surface area contributed by atoms with Gasteiger partial charge in [-0.25, -0.2) is 13.6 Å². The van der Waals surface area contributed by atoms with E-state index in [1.165, 1.54) is 6.92 Å². The fraction of sp³-hybridized carbons (Fsp3) is 0.270. The maximum atomic E-state index is 14.6. The van der Waals surface area contributed by atoms with Crippen molar-refractivity contribution in [1.82, 2.24) is 19.2 Å². The Hall–Kier alpha value is -5.25. The number of anilines is 2. The molecule has 4 heterocycles. The highest BCUT2D eigenvalue weighted by atomic mass is 19.3. The van der Waals surface area contributed by atoms with Crippen molar-refractivity contribution in [3.05, 3.63) is 108 Å². The van der Waals surface area contributed by atoms with E-state index in [1.54, 1.807) is 39.7 Å². The number of fused-ring (bicyclic) bond motifs is 2. The van der Waals surface area contributed by atoms with Gasteiger partial charge in [0, 0.05) is 79.8 Å². The fourth-order valence-corrected chi connectivity index (χ4v) is 6.62. The summed E-state index contributed by atoms with van der Waals surface area (Å²) < 4.78 is 37.9. The molecule has 0 saturated heterocycles. The average Bonchev–Trinajstić information content (AvgIpc) is 3.73. The minimum absolute atomic E-state index is 0.0356. The number of rotatable bonds is 6. The van der Waals surface area contributed by atoms with Crippen LogP contribution in [0.3, 0.4) is 0 Å². The summed E-state index contributed by atoms with van der Waals surface area (Å²) in [7, 11) is 1.77. The molecule has 5 aromatic rings. The Morgan fingerprint density at radius 1 is 0.957 bits per heavy atom. The Kier molecular flexibility index (Phi) is 8.09. The van der Waals surface area contributed by atoms with Gasteiger partial charge in [0.25, 0.3) is 6.43 Å². The number of aryl methyl sites for hydroxylation is 2. The molecule has 8 nitrogen and oxygen atoms in total. The Labute approximate surface area is 271 Å². The summed E-state index contributed by atoms with van der Waals surface area (Å²) in [6, 6.07) is 17.3. The highest BCUT2D eigenvalue weighted by molar-refractivity contribution is 6.01. The molecule has 0 unspecified atom stereocenters. The van der Waals surface area contributed by atoms with Crippen LogP contribution in [-0.4, -0.2) is 50.9 Å². The number of amides is 1. The third-order valence-electron chi connectivity index (χ3n) is 9.05. The molecule has 2 aliphatic heterocycles. The first kappa shape index (κ1) is 30.4. The number of hydrogen-bond donors (Lipinski definition) is 0. The summed E-state index contributed by atoms with van der Waals surface area (Å²) in [6.45, 7) is 3.29. The molecular weight excluding hydrogens is 600 g/mol. The van der Waals surface area contributed by atoms with E-state index in [4.69, 9.17) is 4.74 Å². The fourth-order valence-electron chi connectivity index (χ4n) is 6.62. The monoisotopic (exact) mass is 635 g/mol. The van der Waals surface area contributed by atoms with E-state index in [2.05, 4.69) is 22.1 Å². The number of ether oxygens (including phenoxy) is 1. The molecule has 0 radical (unpaired) electrons. The van der Waals surface area contributed by atoms with Gasteiger partial charge in [-0.05, 0) is 71.4 Å². The van der Waals surface area contributed by atoms with Crippen molar-refractivity contribution >= 4 is 39.7 Å². The van der Waals surface area contributed by atoms with Crippen LogP contribution in [0.1, 0.15) is 53.2 Å². The first-order valence-corrected chi connectivity index (χ1v) is 15.8. The van der Waals surface area contributed by atoms with Crippen molar-refractivity contribution in [2.75, 3.05) is 24.5 Å². The SMILES string of the molecule is CC(=O)n1cc2cc(C3=CCN(C(=O)OCc4ccccc4)CC3)cc(N3CCCc4cc(-c5cnn(C)c5)c(C(F)F)cc43)c2c1. The summed E-state index contributed by atoms with van der Waals surface area (Å²) in [4.78, 5) is 29.0. The van der Waals surface area contributed by atoms with Gasteiger partial charge in [-0.15, -0.1) is 0 Å². The molecule has 2 aromatic heterocycles. The van der Waals surface area contributed by atoms with Gasteiger partial charge in [0.2, 0.25) is 5.91 Å². The summed E-state index contributed by atoms with van der Waals surface area (Å²) in [5, 5.41) is 5.96. The van der Waals surface area contributed by atoms with E-state index in [0.717, 1.165) is 57.3 Å². The maximum absolute atomic E-state index is 14.6. The maximum Gasteiger partial charge on any atom is 0.410 e. The molecule has 0 saturated carbocycles. The molecule has 7 rings (SSSR count). The molecule has 3 aromatic carbocycles. The van der Waals surface area contributed by atoms with Gasteiger partial charge < -0.3 is 14.5 Å². The Bertz CT molecular complexity index is 2010. The predicted octanol–water partition coefficient (Wildman–Crippen LogP) is 8.15. The Morgan fingerprint density at radius 2 is 1.79 bits per heavy atom. The largest absolute Gasteiger partial charge is 0.445 e. The van der Waals surface area contributed by atoms with Crippen LogP contribution in [0, 0.1) is 0 Å². The second kappa shape index (κ2) is 12.5. The molecule has 0 fully saturated rings. The van der Waals surface area contributed by atoms with Crippen LogP contribution in [0.15, 0.2) is 85.5 Å². The summed E-state index contributed by atoms with van der Waals surface area (Å²) in [5.41, 5.74) is 6.70. The minimum Gasteiger partial charge on any atom is -0.445 e. The van der Waals surface area contributed by atoms with E-state index in [9.17, 15) is 18.4 Å². The molecule has 0 spiro atoms. The van der Waals surface area contributed by atoms with Crippen LogP contribution in [0.2, 0.25) is 0 Å². The van der Waals surface area contributed by atoms with Crippen molar-refractivity contribution < 1.29 is 23.1 Å². The quantitative estimate of drug-likeness (QED) is 0.188. The van der Waals surface area contributed by atoms with Crippen LogP contribution in [-0.2, 0) is 24.8 Å². The van der Waals surface area contributed by atoms with Crippen molar-refractivity contribution in [2.24, 2.45) is 7.05 Å². The van der Waals surface area contributed by atoms with Crippen LogP contribution >= 0.6 is 0 Å². The van der Waals surface area contributed by atoms with Crippen LogP contribution in [0.25, 0.3) is 27.5 Å². The van der Waals surface area contributed by atoms with E-state index >= 15 is 0 Å². The number of benzene rings is 3. The van der Waals surface area contributed by atoms with Gasteiger partial charge in [-0.2, -0.15) is 5.10 Å². The van der Waals surface area contributed by atoms with E-state index in [0.29, 0.717) is 37.2 Å². The lowest BCUT2D eigenvalue weighted by atomic mass is 9.91. The molecular formula is C37H35F2N5O3. The zero-order valence-corrected chi connectivity index (χ0v) is 26.3. The van der Waals surface area contributed by atoms with E-state index in [-0.39, 0.29) is 24.2 Å². The molecule has 2 aliphatic rings. The molecule has 1 amide bonds. The second-order valence-electron chi connectivity index (χ2n) is 12.2. The van der Waals surface area contributed by atoms with Gasteiger partial charge in [0.1, 0.15) is 6.61 Å². The van der Waals surface area contributed by atoms with Crippen LogP contribution < -0.4 is 4.90 Å². The molecule has 0 atom stereocenters. The number of halogens is 2. The van der Waals surface area contributed by atoms with Gasteiger partial charge in [-0.1, -0.05) is 36.4 Å². The van der Waals surface area contributed by atoms with Crippen molar-refractivity contribution in [3.63, 3.8) is 0 Å². The van der Waals surface area contributed by atoms with Crippen LogP contribution in [0.5, 0.6) is 0 Å². The summed E-state index contributed by atoms with van der Waals surface area (Å²) in [6.07, 6.45) is 8.27. The number of carbonyl (C=O) groups excluding carboxylic acids is 2. The number of alkyl halides is 2. The summed E-state index contributed by atoms with van der Waals surface area (Å²) >= 11 is 0. The van der Waals surface area contributed by atoms with Gasteiger partial charge >= 0.3 is 6.09 Å². The molecule has 240 valence electrons. The minimum atomic E-state index is -2.67. The lowest BCUT2D eigenvalue weighted by molar-refractivity contribution is 0.0936. The van der Waals surface area contributed by atoms with Crippen molar-refractivity contribution in [2.45, 2.75) is 39.2 Å². The van der Waals surface area contributed by atoms with Gasteiger partial charge in [0.15, 0.2) is 0 Å². The Balaban J connectivity index is 1.24. The molecule has 0 N–H and O–H groups in total. The number of hydrogen-bond acceptors (Lipinski definition) is 5. The summed E-state index contributed by atoms with van der Waals surface area (Å²) in [5.74, 6) is -0.115. The third kappa shape index (κ3) is 6.03. The normalized spacial score (nSPS) is 14.8. The second-order valence-corrected chi connectivity index (χ2v) is 12.2. The van der Waals surface area contributed by atoms with Crippen molar-refractivity contribution in [1.29, 1.82) is 0 Å². The lowest BCUT2D eigenvalue weighted by Crippen LogP contribution is -2.35. The highest BCUT2D eigenvalue weighted by Gasteiger charge is 2.27. The Morgan fingerprint density at radius 3 is 2.49 bits per heavy atom. The highest BCUT2D eigenvalue weighted by Crippen LogP contribution is 2.44.